The summed E-state index contributed by atoms with van der Waals surface area (Å²) in [7, 11) is 0. The first-order valence-corrected chi connectivity index (χ1v) is 7.77. The number of rotatable bonds is 3. The van der Waals surface area contributed by atoms with E-state index in [0.717, 1.165) is 28.0 Å². The summed E-state index contributed by atoms with van der Waals surface area (Å²) in [6.07, 6.45) is 3.62. The first-order valence-electron chi connectivity index (χ1n) is 6.98. The summed E-state index contributed by atoms with van der Waals surface area (Å²) in [5, 5.41) is 0. The van der Waals surface area contributed by atoms with Crippen LogP contribution in [0.25, 0.3) is 0 Å². The Kier molecular flexibility index (Phi) is 3.81. The molecule has 2 aromatic rings. The number of aryl methyl sites for hydroxylation is 2. The van der Waals surface area contributed by atoms with Crippen LogP contribution < -0.4 is 10.5 Å². The van der Waals surface area contributed by atoms with Crippen molar-refractivity contribution < 1.29 is 4.74 Å². The van der Waals surface area contributed by atoms with Crippen molar-refractivity contribution in [2.24, 2.45) is 5.73 Å². The van der Waals surface area contributed by atoms with Crippen LogP contribution in [0.2, 0.25) is 0 Å². The minimum atomic E-state index is 0.0281. The fraction of sp³-hybridized carbons (Fsp3) is 0.294. The highest BCUT2D eigenvalue weighted by Crippen LogP contribution is 2.33. The standard InChI is InChI=1S/C17H18BrNO/c1-11(19)13-6-8-17(16(18)10-13)20-15-7-5-12-3-2-4-14(12)9-15/h5-11H,2-4,19H2,1H3/t11-/m0/s1. The van der Waals surface area contributed by atoms with Gasteiger partial charge in [0.05, 0.1) is 4.47 Å². The second-order valence-electron chi connectivity index (χ2n) is 5.36. The lowest BCUT2D eigenvalue weighted by Crippen LogP contribution is -2.04. The highest BCUT2D eigenvalue weighted by Gasteiger charge is 2.12. The highest BCUT2D eigenvalue weighted by molar-refractivity contribution is 9.10. The Morgan fingerprint density at radius 3 is 2.65 bits per heavy atom. The van der Waals surface area contributed by atoms with Gasteiger partial charge in [0, 0.05) is 6.04 Å². The van der Waals surface area contributed by atoms with E-state index in [2.05, 4.69) is 34.1 Å². The monoisotopic (exact) mass is 331 g/mol. The topological polar surface area (TPSA) is 35.2 Å². The normalized spacial score (nSPS) is 14.9. The first kappa shape index (κ1) is 13.7. The van der Waals surface area contributed by atoms with Gasteiger partial charge in [-0.3, -0.25) is 0 Å². The van der Waals surface area contributed by atoms with E-state index in [1.807, 2.05) is 25.1 Å². The van der Waals surface area contributed by atoms with Crippen LogP contribution in [0.1, 0.15) is 36.1 Å². The summed E-state index contributed by atoms with van der Waals surface area (Å²) in [6.45, 7) is 1.98. The van der Waals surface area contributed by atoms with E-state index in [9.17, 15) is 0 Å². The smallest absolute Gasteiger partial charge is 0.141 e. The van der Waals surface area contributed by atoms with E-state index in [4.69, 9.17) is 10.5 Å². The summed E-state index contributed by atoms with van der Waals surface area (Å²) in [5.74, 6) is 1.73. The number of hydrogen-bond donors (Lipinski definition) is 1. The van der Waals surface area contributed by atoms with Crippen molar-refractivity contribution in [2.75, 3.05) is 0 Å². The van der Waals surface area contributed by atoms with Gasteiger partial charge in [-0.15, -0.1) is 0 Å². The third kappa shape index (κ3) is 2.74. The molecule has 0 radical (unpaired) electrons. The Labute approximate surface area is 128 Å². The molecule has 0 saturated carbocycles. The van der Waals surface area contributed by atoms with Crippen molar-refractivity contribution in [1.82, 2.24) is 0 Å². The van der Waals surface area contributed by atoms with Gasteiger partial charge in [-0.05, 0) is 83.1 Å². The minimum absolute atomic E-state index is 0.0281. The molecule has 0 aromatic heterocycles. The van der Waals surface area contributed by atoms with E-state index in [1.54, 1.807) is 0 Å². The molecule has 1 aliphatic carbocycles. The second kappa shape index (κ2) is 5.58. The van der Waals surface area contributed by atoms with Gasteiger partial charge in [-0.25, -0.2) is 0 Å². The van der Waals surface area contributed by atoms with E-state index in [0.29, 0.717) is 0 Å². The Balaban J connectivity index is 1.84. The maximum absolute atomic E-state index is 5.98. The molecular weight excluding hydrogens is 314 g/mol. The van der Waals surface area contributed by atoms with Crippen LogP contribution in [0.4, 0.5) is 0 Å². The third-order valence-electron chi connectivity index (χ3n) is 3.78. The average molecular weight is 332 g/mol. The lowest BCUT2D eigenvalue weighted by molar-refractivity contribution is 0.478. The highest BCUT2D eigenvalue weighted by atomic mass is 79.9. The van der Waals surface area contributed by atoms with Gasteiger partial charge in [-0.1, -0.05) is 12.1 Å². The SMILES string of the molecule is C[C@H](N)c1ccc(Oc2ccc3c(c2)CCC3)c(Br)c1. The van der Waals surface area contributed by atoms with Crippen molar-refractivity contribution in [3.8, 4) is 11.5 Å². The zero-order chi connectivity index (χ0) is 14.1. The molecule has 104 valence electrons. The summed E-state index contributed by atoms with van der Waals surface area (Å²) < 4.78 is 6.92. The van der Waals surface area contributed by atoms with Gasteiger partial charge in [0.25, 0.3) is 0 Å². The molecule has 1 atom stereocenters. The molecule has 0 heterocycles. The van der Waals surface area contributed by atoms with Gasteiger partial charge >= 0.3 is 0 Å². The largest absolute Gasteiger partial charge is 0.456 e. The number of benzene rings is 2. The van der Waals surface area contributed by atoms with Crippen molar-refractivity contribution in [3.63, 3.8) is 0 Å². The van der Waals surface area contributed by atoms with Crippen LogP contribution in [0.15, 0.2) is 40.9 Å². The predicted molar refractivity (Wildman–Crippen MR) is 85.3 cm³/mol. The maximum atomic E-state index is 5.98. The zero-order valence-corrected chi connectivity index (χ0v) is 13.1. The number of hydrogen-bond acceptors (Lipinski definition) is 2. The summed E-state index contributed by atoms with van der Waals surface area (Å²) in [6, 6.07) is 12.4. The van der Waals surface area contributed by atoms with Crippen LogP contribution in [-0.2, 0) is 12.8 Å². The van der Waals surface area contributed by atoms with Gasteiger partial charge in [0.2, 0.25) is 0 Å². The maximum Gasteiger partial charge on any atom is 0.141 e. The number of fused-ring (bicyclic) bond motifs is 1. The number of halogens is 1. The summed E-state index contributed by atoms with van der Waals surface area (Å²) in [4.78, 5) is 0. The van der Waals surface area contributed by atoms with Gasteiger partial charge in [-0.2, -0.15) is 0 Å². The fourth-order valence-electron chi connectivity index (χ4n) is 2.62. The molecule has 0 amide bonds. The zero-order valence-electron chi connectivity index (χ0n) is 11.5. The van der Waals surface area contributed by atoms with E-state index >= 15 is 0 Å². The second-order valence-corrected chi connectivity index (χ2v) is 6.22. The fourth-order valence-corrected chi connectivity index (χ4v) is 3.10. The van der Waals surface area contributed by atoms with Crippen molar-refractivity contribution >= 4 is 15.9 Å². The van der Waals surface area contributed by atoms with Crippen molar-refractivity contribution in [3.05, 3.63) is 57.6 Å². The molecule has 0 spiro atoms. The Morgan fingerprint density at radius 1 is 1.10 bits per heavy atom. The van der Waals surface area contributed by atoms with Crippen LogP contribution >= 0.6 is 15.9 Å². The molecule has 20 heavy (non-hydrogen) atoms. The van der Waals surface area contributed by atoms with Crippen LogP contribution in [0.5, 0.6) is 11.5 Å². The minimum Gasteiger partial charge on any atom is -0.456 e. The van der Waals surface area contributed by atoms with Crippen molar-refractivity contribution in [1.29, 1.82) is 0 Å². The van der Waals surface area contributed by atoms with Crippen LogP contribution in [-0.4, -0.2) is 0 Å². The molecule has 2 N–H and O–H groups in total. The third-order valence-corrected chi connectivity index (χ3v) is 4.40. The van der Waals surface area contributed by atoms with E-state index in [1.165, 1.54) is 24.0 Å². The molecular formula is C17H18BrNO. The summed E-state index contributed by atoms with van der Waals surface area (Å²) >= 11 is 3.55. The molecule has 0 bridgehead atoms. The lowest BCUT2D eigenvalue weighted by Gasteiger charge is -2.12. The van der Waals surface area contributed by atoms with Crippen LogP contribution in [0.3, 0.4) is 0 Å². The molecule has 0 fully saturated rings. The quantitative estimate of drug-likeness (QED) is 0.880. The predicted octanol–water partition coefficient (Wildman–Crippen LogP) is 4.75. The van der Waals surface area contributed by atoms with Crippen molar-refractivity contribution in [2.45, 2.75) is 32.2 Å². The first-order chi connectivity index (χ1) is 9.63. The molecule has 3 rings (SSSR count). The molecule has 0 aliphatic heterocycles. The molecule has 2 nitrogen and oxygen atoms in total. The Bertz CT molecular complexity index is 637. The number of ether oxygens (including phenoxy) is 1. The molecule has 0 unspecified atom stereocenters. The Hall–Kier alpha value is -1.32. The van der Waals surface area contributed by atoms with E-state index in [-0.39, 0.29) is 6.04 Å². The average Bonchev–Trinajstić information content (AvgIpc) is 2.88. The molecule has 0 saturated heterocycles. The summed E-state index contributed by atoms with van der Waals surface area (Å²) in [5.41, 5.74) is 9.86. The molecule has 2 aromatic carbocycles. The molecule has 3 heteroatoms. The van der Waals surface area contributed by atoms with Gasteiger partial charge < -0.3 is 10.5 Å². The lowest BCUT2D eigenvalue weighted by atomic mass is 10.1. The van der Waals surface area contributed by atoms with Gasteiger partial charge in [0.15, 0.2) is 0 Å². The number of nitrogens with two attached hydrogens (primary N) is 1. The molecule has 1 aliphatic rings. The van der Waals surface area contributed by atoms with Crippen LogP contribution in [0, 0.1) is 0 Å². The van der Waals surface area contributed by atoms with Gasteiger partial charge in [0.1, 0.15) is 11.5 Å². The Morgan fingerprint density at radius 2 is 1.90 bits per heavy atom. The van der Waals surface area contributed by atoms with E-state index < -0.39 is 0 Å².